The number of rotatable bonds is 4. The number of carboxylic acid groups (broad SMARTS) is 1. The lowest BCUT2D eigenvalue weighted by atomic mass is 9.76. The van der Waals surface area contributed by atoms with E-state index in [1.165, 1.54) is 0 Å². The molecule has 1 aliphatic rings. The van der Waals surface area contributed by atoms with Crippen LogP contribution >= 0.6 is 0 Å². The molecule has 2 atom stereocenters. The maximum absolute atomic E-state index is 12.0. The van der Waals surface area contributed by atoms with Gasteiger partial charge in [-0.3, -0.25) is 4.79 Å². The molecule has 2 unspecified atom stereocenters. The number of nitrogens with one attached hydrogen (secondary N) is 1. The highest BCUT2D eigenvalue weighted by Gasteiger charge is 2.48. The minimum Gasteiger partial charge on any atom is -0.481 e. The summed E-state index contributed by atoms with van der Waals surface area (Å²) in [6.45, 7) is 6.35. The Hall–Kier alpha value is -1.70. The number of nitrogens with zero attached hydrogens (tertiary/aromatic N) is 1. The van der Waals surface area contributed by atoms with Crippen LogP contribution in [-0.2, 0) is 4.79 Å². The second kappa shape index (κ2) is 5.96. The van der Waals surface area contributed by atoms with E-state index in [9.17, 15) is 14.7 Å². The lowest BCUT2D eigenvalue weighted by Crippen LogP contribution is -2.46. The van der Waals surface area contributed by atoms with E-state index >= 15 is 0 Å². The number of amides is 2. The Morgan fingerprint density at radius 3 is 2.53 bits per heavy atom. The highest BCUT2D eigenvalue weighted by Crippen LogP contribution is 2.38. The van der Waals surface area contributed by atoms with Crippen molar-refractivity contribution in [2.45, 2.75) is 39.7 Å². The molecule has 2 N–H and O–H groups in total. The summed E-state index contributed by atoms with van der Waals surface area (Å²) in [4.78, 5) is 25.1. The van der Waals surface area contributed by atoms with Gasteiger partial charge in [-0.15, -0.1) is 6.42 Å². The first-order chi connectivity index (χ1) is 8.87. The Kier molecular flexibility index (Phi) is 4.82. The Balaban J connectivity index is 2.73. The van der Waals surface area contributed by atoms with Crippen molar-refractivity contribution >= 4 is 12.0 Å². The van der Waals surface area contributed by atoms with Crippen molar-refractivity contribution < 1.29 is 14.7 Å². The molecule has 5 nitrogen and oxygen atoms in total. The minimum absolute atomic E-state index is 0.0163. The van der Waals surface area contributed by atoms with E-state index in [2.05, 4.69) is 11.2 Å². The number of hydrogen-bond acceptors (Lipinski definition) is 2. The first kappa shape index (κ1) is 15.4. The molecule has 0 aromatic rings. The minimum atomic E-state index is -0.838. The predicted octanol–water partition coefficient (Wildman–Crippen LogP) is 1.54. The van der Waals surface area contributed by atoms with E-state index in [1.54, 1.807) is 4.90 Å². The number of carbonyl (C=O) groups excluding carboxylic acids is 1. The topological polar surface area (TPSA) is 69.6 Å². The Morgan fingerprint density at radius 1 is 1.53 bits per heavy atom. The first-order valence-corrected chi connectivity index (χ1v) is 6.62. The fraction of sp³-hybridized carbons (Fsp3) is 0.714. The fourth-order valence-corrected chi connectivity index (χ4v) is 2.40. The maximum atomic E-state index is 12.0. The summed E-state index contributed by atoms with van der Waals surface area (Å²) in [7, 11) is 0. The van der Waals surface area contributed by atoms with Gasteiger partial charge in [0.05, 0.1) is 11.5 Å². The van der Waals surface area contributed by atoms with E-state index in [4.69, 9.17) is 6.42 Å². The summed E-state index contributed by atoms with van der Waals surface area (Å²) in [5.41, 5.74) is -0.838. The highest BCUT2D eigenvalue weighted by molar-refractivity contribution is 5.80. The molecule has 0 radical (unpaired) electrons. The third-order valence-corrected chi connectivity index (χ3v) is 4.03. The Morgan fingerprint density at radius 2 is 2.16 bits per heavy atom. The quantitative estimate of drug-likeness (QED) is 0.758. The number of terminal acetylenes is 1. The van der Waals surface area contributed by atoms with E-state index in [0.29, 0.717) is 19.4 Å². The molecule has 0 bridgehead atoms. The SMILES string of the molecule is C#CC(CC)NC(=O)N1CCC(C(=O)O)(C(C)C)C1. The van der Waals surface area contributed by atoms with Gasteiger partial charge in [-0.25, -0.2) is 4.79 Å². The van der Waals surface area contributed by atoms with Gasteiger partial charge in [0.15, 0.2) is 0 Å². The molecule has 1 fully saturated rings. The van der Waals surface area contributed by atoms with Crippen molar-refractivity contribution in [2.24, 2.45) is 11.3 Å². The molecule has 0 saturated carbocycles. The standard InChI is InChI=1S/C14H22N2O3/c1-5-11(6-2)15-13(19)16-8-7-14(9-16,10(3)4)12(17)18/h1,10-11H,6-9H2,2-4H3,(H,15,19)(H,17,18). The number of urea groups is 1. The highest BCUT2D eigenvalue weighted by atomic mass is 16.4. The third-order valence-electron chi connectivity index (χ3n) is 4.03. The number of carboxylic acids is 1. The first-order valence-electron chi connectivity index (χ1n) is 6.62. The van der Waals surface area contributed by atoms with Crippen molar-refractivity contribution in [2.75, 3.05) is 13.1 Å². The average Bonchev–Trinajstić information content (AvgIpc) is 2.82. The average molecular weight is 266 g/mol. The summed E-state index contributed by atoms with van der Waals surface area (Å²) >= 11 is 0. The number of carbonyl (C=O) groups is 2. The van der Waals surface area contributed by atoms with E-state index in [1.807, 2.05) is 20.8 Å². The molecule has 19 heavy (non-hydrogen) atoms. The molecule has 1 aliphatic heterocycles. The van der Waals surface area contributed by atoms with Gasteiger partial charge >= 0.3 is 12.0 Å². The molecule has 0 aliphatic carbocycles. The van der Waals surface area contributed by atoms with Crippen LogP contribution in [0.5, 0.6) is 0 Å². The zero-order valence-corrected chi connectivity index (χ0v) is 11.8. The van der Waals surface area contributed by atoms with Gasteiger partial charge in [0, 0.05) is 13.1 Å². The normalized spacial score (nSPS) is 24.1. The van der Waals surface area contributed by atoms with Crippen molar-refractivity contribution in [3.05, 3.63) is 0 Å². The predicted molar refractivity (Wildman–Crippen MR) is 72.5 cm³/mol. The second-order valence-corrected chi connectivity index (χ2v) is 5.36. The zero-order valence-electron chi connectivity index (χ0n) is 11.8. The lowest BCUT2D eigenvalue weighted by molar-refractivity contribution is -0.150. The Labute approximate surface area is 114 Å². The maximum Gasteiger partial charge on any atom is 0.318 e. The smallest absolute Gasteiger partial charge is 0.318 e. The molecule has 1 rings (SSSR count). The summed E-state index contributed by atoms with van der Waals surface area (Å²) < 4.78 is 0. The van der Waals surface area contributed by atoms with E-state index in [0.717, 1.165) is 0 Å². The van der Waals surface area contributed by atoms with Gasteiger partial charge in [0.25, 0.3) is 0 Å². The molecule has 0 aromatic carbocycles. The van der Waals surface area contributed by atoms with Crippen LogP contribution in [-0.4, -0.2) is 41.1 Å². The third kappa shape index (κ3) is 3.01. The summed E-state index contributed by atoms with van der Waals surface area (Å²) in [5.74, 6) is 1.65. The van der Waals surface area contributed by atoms with Crippen molar-refractivity contribution in [1.82, 2.24) is 10.2 Å². The van der Waals surface area contributed by atoms with Gasteiger partial charge in [-0.05, 0) is 18.8 Å². The van der Waals surface area contributed by atoms with Crippen LogP contribution in [0.25, 0.3) is 0 Å². The number of likely N-dealkylation sites (tertiary alicyclic amines) is 1. The zero-order chi connectivity index (χ0) is 14.6. The van der Waals surface area contributed by atoms with Crippen LogP contribution in [0.15, 0.2) is 0 Å². The molecule has 5 heteroatoms. The molecule has 1 saturated heterocycles. The molecule has 2 amide bonds. The fourth-order valence-electron chi connectivity index (χ4n) is 2.40. The van der Waals surface area contributed by atoms with Gasteiger partial charge in [0.1, 0.15) is 0 Å². The monoisotopic (exact) mass is 266 g/mol. The van der Waals surface area contributed by atoms with Crippen LogP contribution in [0, 0.1) is 23.7 Å². The van der Waals surface area contributed by atoms with Crippen LogP contribution in [0.3, 0.4) is 0 Å². The Bertz CT molecular complexity index is 400. The van der Waals surface area contributed by atoms with Crippen molar-refractivity contribution in [1.29, 1.82) is 0 Å². The van der Waals surface area contributed by atoms with Crippen LogP contribution < -0.4 is 5.32 Å². The van der Waals surface area contributed by atoms with Crippen molar-refractivity contribution in [3.63, 3.8) is 0 Å². The summed E-state index contributed by atoms with van der Waals surface area (Å²) in [6, 6.07) is -0.569. The van der Waals surface area contributed by atoms with Crippen LogP contribution in [0.2, 0.25) is 0 Å². The largest absolute Gasteiger partial charge is 0.481 e. The summed E-state index contributed by atoms with van der Waals surface area (Å²) in [5, 5.41) is 12.1. The van der Waals surface area contributed by atoms with E-state index in [-0.39, 0.29) is 24.5 Å². The molecule has 1 heterocycles. The molecular weight excluding hydrogens is 244 g/mol. The lowest BCUT2D eigenvalue weighted by Gasteiger charge is -2.29. The molecule has 0 spiro atoms. The van der Waals surface area contributed by atoms with Gasteiger partial charge in [-0.2, -0.15) is 0 Å². The summed E-state index contributed by atoms with van der Waals surface area (Å²) in [6.07, 6.45) is 6.45. The van der Waals surface area contributed by atoms with Gasteiger partial charge in [0.2, 0.25) is 0 Å². The van der Waals surface area contributed by atoms with Crippen LogP contribution in [0.4, 0.5) is 4.79 Å². The van der Waals surface area contributed by atoms with Crippen molar-refractivity contribution in [3.8, 4) is 12.3 Å². The second-order valence-electron chi connectivity index (χ2n) is 5.36. The van der Waals surface area contributed by atoms with E-state index < -0.39 is 11.4 Å². The molecule has 0 aromatic heterocycles. The number of aliphatic carboxylic acids is 1. The van der Waals surface area contributed by atoms with Gasteiger partial charge < -0.3 is 15.3 Å². The number of hydrogen-bond donors (Lipinski definition) is 2. The molecular formula is C14H22N2O3. The van der Waals surface area contributed by atoms with Gasteiger partial charge in [-0.1, -0.05) is 26.7 Å². The van der Waals surface area contributed by atoms with Crippen LogP contribution in [0.1, 0.15) is 33.6 Å². The molecule has 106 valence electrons.